The molecule has 0 unspecified atom stereocenters. The summed E-state index contributed by atoms with van der Waals surface area (Å²) < 4.78 is 6.29. The summed E-state index contributed by atoms with van der Waals surface area (Å²) in [7, 11) is 0. The Kier molecular flexibility index (Phi) is 5.66. The Labute approximate surface area is 177 Å². The molecule has 6 nitrogen and oxygen atoms in total. The molecule has 6 heteroatoms. The number of ether oxygens (including phenoxy) is 1. The van der Waals surface area contributed by atoms with Crippen molar-refractivity contribution in [2.45, 2.75) is 57.7 Å². The van der Waals surface area contributed by atoms with E-state index in [0.29, 0.717) is 6.10 Å². The maximum absolute atomic E-state index is 6.29. The lowest BCUT2D eigenvalue weighted by atomic mass is 9.98. The molecule has 154 valence electrons. The van der Waals surface area contributed by atoms with Crippen LogP contribution < -0.4 is 4.74 Å². The van der Waals surface area contributed by atoms with Gasteiger partial charge in [0, 0.05) is 67.5 Å². The van der Waals surface area contributed by atoms with Gasteiger partial charge in [0.2, 0.25) is 5.88 Å². The SMILES string of the molecule is c1cnc(OC2CCCCC2)c(CN2CCc3nc(-c4ccncc4)ncc3C2)c1. The summed E-state index contributed by atoms with van der Waals surface area (Å²) in [5.41, 5.74) is 4.53. The number of aromatic nitrogens is 4. The Morgan fingerprint density at radius 2 is 1.87 bits per heavy atom. The third kappa shape index (κ3) is 4.33. The second kappa shape index (κ2) is 8.88. The molecule has 4 heterocycles. The lowest BCUT2D eigenvalue weighted by molar-refractivity contribution is 0.143. The van der Waals surface area contributed by atoms with Gasteiger partial charge in [-0.05, 0) is 43.9 Å². The Morgan fingerprint density at radius 1 is 1.00 bits per heavy atom. The maximum Gasteiger partial charge on any atom is 0.218 e. The van der Waals surface area contributed by atoms with Gasteiger partial charge in [-0.2, -0.15) is 0 Å². The molecule has 1 aliphatic heterocycles. The lowest BCUT2D eigenvalue weighted by Crippen LogP contribution is -2.31. The average molecular weight is 402 g/mol. The predicted octanol–water partition coefficient (Wildman–Crippen LogP) is 4.20. The van der Waals surface area contributed by atoms with Gasteiger partial charge >= 0.3 is 0 Å². The minimum Gasteiger partial charge on any atom is -0.474 e. The zero-order valence-electron chi connectivity index (χ0n) is 17.2. The van der Waals surface area contributed by atoms with Gasteiger partial charge in [0.1, 0.15) is 6.10 Å². The fraction of sp³-hybridized carbons (Fsp3) is 0.417. The molecule has 1 aliphatic carbocycles. The zero-order chi connectivity index (χ0) is 20.2. The van der Waals surface area contributed by atoms with Gasteiger partial charge in [-0.1, -0.05) is 12.5 Å². The van der Waals surface area contributed by atoms with E-state index in [1.165, 1.54) is 30.4 Å². The minimum absolute atomic E-state index is 0.314. The van der Waals surface area contributed by atoms with Crippen molar-refractivity contribution in [3.63, 3.8) is 0 Å². The molecule has 0 atom stereocenters. The fourth-order valence-corrected chi connectivity index (χ4v) is 4.38. The first-order valence-corrected chi connectivity index (χ1v) is 10.9. The summed E-state index contributed by atoms with van der Waals surface area (Å²) in [5, 5.41) is 0. The molecule has 0 saturated heterocycles. The number of hydrogen-bond acceptors (Lipinski definition) is 6. The van der Waals surface area contributed by atoms with Crippen molar-refractivity contribution < 1.29 is 4.74 Å². The van der Waals surface area contributed by atoms with Gasteiger partial charge in [-0.25, -0.2) is 15.0 Å². The highest BCUT2D eigenvalue weighted by Crippen LogP contribution is 2.27. The first-order chi connectivity index (χ1) is 14.8. The highest BCUT2D eigenvalue weighted by Gasteiger charge is 2.22. The quantitative estimate of drug-likeness (QED) is 0.638. The summed E-state index contributed by atoms with van der Waals surface area (Å²) in [6.07, 6.45) is 14.7. The second-order valence-corrected chi connectivity index (χ2v) is 8.21. The largest absolute Gasteiger partial charge is 0.474 e. The van der Waals surface area contributed by atoms with Crippen molar-refractivity contribution in [1.82, 2.24) is 24.8 Å². The van der Waals surface area contributed by atoms with Gasteiger partial charge in [0.15, 0.2) is 5.82 Å². The summed E-state index contributed by atoms with van der Waals surface area (Å²) in [5.74, 6) is 1.58. The number of pyridine rings is 2. The number of hydrogen-bond donors (Lipinski definition) is 0. The molecule has 1 fully saturated rings. The van der Waals surface area contributed by atoms with E-state index in [9.17, 15) is 0 Å². The third-order valence-corrected chi connectivity index (χ3v) is 6.03. The summed E-state index contributed by atoms with van der Waals surface area (Å²) in [6.45, 7) is 2.66. The molecule has 3 aromatic heterocycles. The standard InChI is InChI=1S/C24H27N5O/c1-2-6-21(7-3-1)30-24-19(5-4-11-26-24)16-29-14-10-22-20(17-29)15-27-23(28-22)18-8-12-25-13-9-18/h4-5,8-9,11-13,15,21H,1-3,6-7,10,14,16-17H2. The van der Waals surface area contributed by atoms with Crippen molar-refractivity contribution in [3.05, 3.63) is 65.9 Å². The number of rotatable bonds is 5. The fourth-order valence-electron chi connectivity index (χ4n) is 4.38. The Morgan fingerprint density at radius 3 is 2.73 bits per heavy atom. The van der Waals surface area contributed by atoms with Crippen LogP contribution in [-0.4, -0.2) is 37.5 Å². The van der Waals surface area contributed by atoms with Gasteiger partial charge in [-0.3, -0.25) is 9.88 Å². The molecule has 2 aliphatic rings. The molecular weight excluding hydrogens is 374 g/mol. The van der Waals surface area contributed by atoms with Gasteiger partial charge < -0.3 is 4.74 Å². The van der Waals surface area contributed by atoms with Crippen LogP contribution in [0.4, 0.5) is 0 Å². The van der Waals surface area contributed by atoms with Crippen molar-refractivity contribution in [3.8, 4) is 17.3 Å². The van der Waals surface area contributed by atoms with Crippen LogP contribution in [0.5, 0.6) is 5.88 Å². The van der Waals surface area contributed by atoms with E-state index in [-0.39, 0.29) is 0 Å². The number of fused-ring (bicyclic) bond motifs is 1. The zero-order valence-corrected chi connectivity index (χ0v) is 17.2. The smallest absolute Gasteiger partial charge is 0.218 e. The van der Waals surface area contributed by atoms with E-state index in [4.69, 9.17) is 9.72 Å². The van der Waals surface area contributed by atoms with Crippen LogP contribution in [0.15, 0.2) is 49.1 Å². The third-order valence-electron chi connectivity index (χ3n) is 6.03. The molecule has 0 N–H and O–H groups in total. The molecule has 0 amide bonds. The highest BCUT2D eigenvalue weighted by molar-refractivity contribution is 5.54. The van der Waals surface area contributed by atoms with Crippen molar-refractivity contribution >= 4 is 0 Å². The molecule has 0 aromatic carbocycles. The molecule has 5 rings (SSSR count). The summed E-state index contributed by atoms with van der Waals surface area (Å²) in [6, 6.07) is 8.05. The maximum atomic E-state index is 6.29. The normalized spacial score (nSPS) is 17.5. The van der Waals surface area contributed by atoms with Crippen LogP contribution in [0.2, 0.25) is 0 Å². The summed E-state index contributed by atoms with van der Waals surface area (Å²) in [4.78, 5) is 20.5. The predicted molar refractivity (Wildman–Crippen MR) is 115 cm³/mol. The lowest BCUT2D eigenvalue weighted by Gasteiger charge is -2.29. The molecule has 0 radical (unpaired) electrons. The molecule has 0 spiro atoms. The summed E-state index contributed by atoms with van der Waals surface area (Å²) >= 11 is 0. The van der Waals surface area contributed by atoms with Crippen LogP contribution in [0.25, 0.3) is 11.4 Å². The molecule has 30 heavy (non-hydrogen) atoms. The van der Waals surface area contributed by atoms with Gasteiger partial charge in [0.05, 0.1) is 5.69 Å². The van der Waals surface area contributed by atoms with Crippen LogP contribution in [-0.2, 0) is 19.5 Å². The molecular formula is C24H27N5O. The molecule has 3 aromatic rings. The minimum atomic E-state index is 0.314. The van der Waals surface area contributed by atoms with E-state index in [1.807, 2.05) is 30.6 Å². The van der Waals surface area contributed by atoms with E-state index >= 15 is 0 Å². The van der Waals surface area contributed by atoms with Gasteiger partial charge in [-0.15, -0.1) is 0 Å². The Bertz CT molecular complexity index is 988. The van der Waals surface area contributed by atoms with Crippen LogP contribution in [0, 0.1) is 0 Å². The first kappa shape index (κ1) is 19.1. The van der Waals surface area contributed by atoms with Crippen LogP contribution in [0.3, 0.4) is 0 Å². The van der Waals surface area contributed by atoms with Gasteiger partial charge in [0.25, 0.3) is 0 Å². The Balaban J connectivity index is 1.28. The van der Waals surface area contributed by atoms with Crippen molar-refractivity contribution in [2.24, 2.45) is 0 Å². The van der Waals surface area contributed by atoms with Crippen molar-refractivity contribution in [2.75, 3.05) is 6.54 Å². The highest BCUT2D eigenvalue weighted by atomic mass is 16.5. The number of nitrogens with zero attached hydrogens (tertiary/aromatic N) is 5. The average Bonchev–Trinajstić information content (AvgIpc) is 2.81. The van der Waals surface area contributed by atoms with Crippen molar-refractivity contribution in [1.29, 1.82) is 0 Å². The molecule has 0 bridgehead atoms. The first-order valence-electron chi connectivity index (χ1n) is 10.9. The van der Waals surface area contributed by atoms with E-state index in [1.54, 1.807) is 12.4 Å². The van der Waals surface area contributed by atoms with E-state index in [0.717, 1.165) is 61.9 Å². The Hall–Kier alpha value is -2.86. The second-order valence-electron chi connectivity index (χ2n) is 8.21. The van der Waals surface area contributed by atoms with Crippen LogP contribution in [0.1, 0.15) is 48.9 Å². The molecule has 1 saturated carbocycles. The van der Waals surface area contributed by atoms with Crippen LogP contribution >= 0.6 is 0 Å². The van der Waals surface area contributed by atoms with E-state index in [2.05, 4.69) is 25.9 Å². The van der Waals surface area contributed by atoms with E-state index < -0.39 is 0 Å². The topological polar surface area (TPSA) is 64.0 Å². The monoisotopic (exact) mass is 401 g/mol.